The number of carbonyl (C=O) groups is 2. The molecule has 304 valence electrons. The number of thiophene rings is 1. The molecule has 1 aliphatic rings. The zero-order chi connectivity index (χ0) is 41.2. The summed E-state index contributed by atoms with van der Waals surface area (Å²) in [6.45, 7) is 5.67. The minimum Gasteiger partial charge on any atom is -0.489 e. The summed E-state index contributed by atoms with van der Waals surface area (Å²) in [5, 5.41) is 22.7. The second-order valence-electron chi connectivity index (χ2n) is 16.4. The van der Waals surface area contributed by atoms with Crippen LogP contribution in [-0.2, 0) is 22.6 Å². The SMILES string of the molecule is CC(C)(C)OC(=O)C(Cc1cc2ccccc2[nH]1)NC(=O)c1ccc(-c2ccsc2)c(COc2ccc(-c3nc4cc(-c5nn[nH]n5)ccc4n3C3CCCCC3)cc2)c1. The van der Waals surface area contributed by atoms with Crippen LogP contribution >= 0.6 is 11.3 Å². The van der Waals surface area contributed by atoms with Gasteiger partial charge in [0, 0.05) is 40.4 Å². The van der Waals surface area contributed by atoms with E-state index in [1.807, 2.05) is 92.9 Å². The topological polar surface area (TPSA) is 153 Å². The van der Waals surface area contributed by atoms with Crippen LogP contribution in [0, 0.1) is 0 Å². The van der Waals surface area contributed by atoms with E-state index in [1.165, 1.54) is 19.3 Å². The molecule has 1 aliphatic carbocycles. The molecule has 0 saturated heterocycles. The molecule has 13 heteroatoms. The zero-order valence-electron chi connectivity index (χ0n) is 33.8. The minimum atomic E-state index is -0.918. The van der Waals surface area contributed by atoms with Gasteiger partial charge in [-0.3, -0.25) is 4.79 Å². The Balaban J connectivity index is 0.965. The number of hydrogen-bond donors (Lipinski definition) is 3. The van der Waals surface area contributed by atoms with Crippen molar-refractivity contribution in [3.8, 4) is 39.7 Å². The Morgan fingerprint density at radius 1 is 0.917 bits per heavy atom. The molecule has 4 heterocycles. The molecule has 1 amide bonds. The molecule has 1 saturated carbocycles. The van der Waals surface area contributed by atoms with E-state index in [4.69, 9.17) is 14.5 Å². The first-order valence-corrected chi connectivity index (χ1v) is 21.3. The summed E-state index contributed by atoms with van der Waals surface area (Å²) in [7, 11) is 0. The fraction of sp³-hybridized carbons (Fsp3) is 0.277. The monoisotopic (exact) mass is 818 g/mol. The number of para-hydroxylation sites is 1. The van der Waals surface area contributed by atoms with Crippen molar-refractivity contribution in [2.24, 2.45) is 0 Å². The molecule has 1 fully saturated rings. The van der Waals surface area contributed by atoms with Crippen molar-refractivity contribution in [2.75, 3.05) is 0 Å². The fourth-order valence-corrected chi connectivity index (χ4v) is 8.78. The summed E-state index contributed by atoms with van der Waals surface area (Å²) in [4.78, 5) is 36.0. The first-order valence-electron chi connectivity index (χ1n) is 20.4. The van der Waals surface area contributed by atoms with Crippen molar-refractivity contribution >= 4 is 45.1 Å². The number of aromatic amines is 2. The first-order chi connectivity index (χ1) is 29.1. The molecule has 0 aliphatic heterocycles. The molecular weight excluding hydrogens is 773 g/mol. The normalized spacial score (nSPS) is 14.1. The number of nitrogens with one attached hydrogen (secondary N) is 3. The van der Waals surface area contributed by atoms with Gasteiger partial charge >= 0.3 is 5.97 Å². The van der Waals surface area contributed by atoms with Crippen molar-refractivity contribution in [1.82, 2.24) is 40.5 Å². The molecule has 9 rings (SSSR count). The summed E-state index contributed by atoms with van der Waals surface area (Å²) in [5.41, 5.74) is 8.14. The van der Waals surface area contributed by atoms with Crippen molar-refractivity contribution in [2.45, 2.75) is 83.6 Å². The zero-order valence-corrected chi connectivity index (χ0v) is 34.6. The highest BCUT2D eigenvalue weighted by molar-refractivity contribution is 7.08. The lowest BCUT2D eigenvalue weighted by atomic mass is 9.95. The Morgan fingerprint density at radius 2 is 1.73 bits per heavy atom. The van der Waals surface area contributed by atoms with Gasteiger partial charge in [0.25, 0.3) is 5.91 Å². The van der Waals surface area contributed by atoms with Crippen molar-refractivity contribution in [3.05, 3.63) is 125 Å². The van der Waals surface area contributed by atoms with Gasteiger partial charge in [-0.05, 0) is 144 Å². The average molecular weight is 819 g/mol. The molecule has 4 aromatic carbocycles. The quantitative estimate of drug-likeness (QED) is 0.103. The summed E-state index contributed by atoms with van der Waals surface area (Å²) >= 11 is 1.61. The predicted molar refractivity (Wildman–Crippen MR) is 234 cm³/mol. The smallest absolute Gasteiger partial charge is 0.329 e. The van der Waals surface area contributed by atoms with Gasteiger partial charge in [-0.25, -0.2) is 9.78 Å². The molecule has 4 aromatic heterocycles. The number of tetrazole rings is 1. The largest absolute Gasteiger partial charge is 0.489 e. The van der Waals surface area contributed by atoms with E-state index < -0.39 is 17.6 Å². The van der Waals surface area contributed by atoms with Gasteiger partial charge in [0.15, 0.2) is 0 Å². The molecule has 0 bridgehead atoms. The van der Waals surface area contributed by atoms with E-state index in [-0.39, 0.29) is 18.9 Å². The first kappa shape index (κ1) is 38.9. The second-order valence-corrected chi connectivity index (χ2v) is 17.2. The Labute approximate surface area is 351 Å². The van der Waals surface area contributed by atoms with Gasteiger partial charge in [-0.1, -0.05) is 43.5 Å². The summed E-state index contributed by atoms with van der Waals surface area (Å²) < 4.78 is 14.6. The molecule has 12 nitrogen and oxygen atoms in total. The van der Waals surface area contributed by atoms with E-state index in [0.717, 1.165) is 74.1 Å². The van der Waals surface area contributed by atoms with Crippen molar-refractivity contribution < 1.29 is 19.1 Å². The van der Waals surface area contributed by atoms with Crippen LogP contribution in [0.15, 0.2) is 108 Å². The fourth-order valence-electron chi connectivity index (χ4n) is 8.12. The van der Waals surface area contributed by atoms with E-state index in [0.29, 0.717) is 23.2 Å². The van der Waals surface area contributed by atoms with Crippen LogP contribution in [0.4, 0.5) is 0 Å². The summed E-state index contributed by atoms with van der Waals surface area (Å²) in [6, 6.07) is 31.2. The Morgan fingerprint density at radius 3 is 2.48 bits per heavy atom. The van der Waals surface area contributed by atoms with E-state index in [9.17, 15) is 9.59 Å². The number of benzene rings is 4. The van der Waals surface area contributed by atoms with Gasteiger partial charge < -0.3 is 24.3 Å². The number of carbonyl (C=O) groups excluding carboxylic acids is 2. The van der Waals surface area contributed by atoms with Gasteiger partial charge in [0.1, 0.15) is 29.8 Å². The predicted octanol–water partition coefficient (Wildman–Crippen LogP) is 9.86. The molecule has 60 heavy (non-hydrogen) atoms. The lowest BCUT2D eigenvalue weighted by molar-refractivity contribution is -0.157. The van der Waals surface area contributed by atoms with Crippen LogP contribution in [0.25, 0.3) is 55.8 Å². The number of fused-ring (bicyclic) bond motifs is 2. The number of imidazole rings is 1. The number of nitrogens with zero attached hydrogens (tertiary/aromatic N) is 5. The van der Waals surface area contributed by atoms with Crippen LogP contribution in [0.3, 0.4) is 0 Å². The third kappa shape index (κ3) is 8.44. The maximum absolute atomic E-state index is 14.0. The molecule has 3 N–H and O–H groups in total. The number of rotatable bonds is 12. The van der Waals surface area contributed by atoms with E-state index in [1.54, 1.807) is 17.4 Å². The number of ether oxygens (including phenoxy) is 2. The molecule has 1 atom stereocenters. The average Bonchev–Trinajstić information content (AvgIpc) is 4.09. The standard InChI is InChI=1S/C47H46N8O4S/c1-47(2,3)59-46(57)41(26-35-24-30-9-7-8-12-39(30)48-35)50-45(56)32-15-19-38(33-21-22-60-28-33)34(23-32)27-58-37-17-13-29(14-18-37)44-49-40-25-31(43-51-53-54-52-43)16-20-42(40)55(44)36-10-5-4-6-11-36/h7-9,12-25,28,36,41,48H,4-6,10-11,26-27H2,1-3H3,(H,50,56)(H,51,52,53,54). The molecule has 1 unspecified atom stereocenters. The lowest BCUT2D eigenvalue weighted by Crippen LogP contribution is -2.45. The van der Waals surface area contributed by atoms with Crippen LogP contribution in [0.1, 0.15) is 80.5 Å². The van der Waals surface area contributed by atoms with Gasteiger partial charge in [0.2, 0.25) is 5.82 Å². The van der Waals surface area contributed by atoms with Crippen molar-refractivity contribution in [3.63, 3.8) is 0 Å². The van der Waals surface area contributed by atoms with Crippen LogP contribution < -0.4 is 10.1 Å². The minimum absolute atomic E-state index is 0.218. The van der Waals surface area contributed by atoms with Gasteiger partial charge in [0.05, 0.1) is 11.0 Å². The number of H-pyrrole nitrogens is 2. The molecular formula is C47H46N8O4S. The van der Waals surface area contributed by atoms with Gasteiger partial charge in [-0.15, -0.1) is 10.2 Å². The summed E-state index contributed by atoms with van der Waals surface area (Å²) in [5.74, 6) is 1.26. The highest BCUT2D eigenvalue weighted by Crippen LogP contribution is 2.37. The molecule has 0 radical (unpaired) electrons. The van der Waals surface area contributed by atoms with E-state index in [2.05, 4.69) is 65.1 Å². The van der Waals surface area contributed by atoms with Crippen LogP contribution in [-0.4, -0.2) is 58.7 Å². The van der Waals surface area contributed by atoms with Crippen LogP contribution in [0.2, 0.25) is 0 Å². The number of amides is 1. The van der Waals surface area contributed by atoms with Crippen molar-refractivity contribution in [1.29, 1.82) is 0 Å². The maximum atomic E-state index is 14.0. The number of esters is 1. The Bertz CT molecular complexity index is 2730. The Kier molecular flexibility index (Phi) is 10.7. The van der Waals surface area contributed by atoms with Gasteiger partial charge in [-0.2, -0.15) is 16.6 Å². The summed E-state index contributed by atoms with van der Waals surface area (Å²) in [6.07, 6.45) is 6.12. The third-order valence-corrected chi connectivity index (χ3v) is 11.6. The molecule has 0 spiro atoms. The van der Waals surface area contributed by atoms with Crippen LogP contribution in [0.5, 0.6) is 5.75 Å². The van der Waals surface area contributed by atoms with E-state index >= 15 is 0 Å². The highest BCUT2D eigenvalue weighted by atomic mass is 32.1. The second kappa shape index (κ2) is 16.6. The Hall–Kier alpha value is -6.60. The maximum Gasteiger partial charge on any atom is 0.329 e. The number of hydrogen-bond acceptors (Lipinski definition) is 9. The molecule has 8 aromatic rings. The highest BCUT2D eigenvalue weighted by Gasteiger charge is 2.29. The number of aromatic nitrogens is 7. The lowest BCUT2D eigenvalue weighted by Gasteiger charge is -2.25. The third-order valence-electron chi connectivity index (χ3n) is 10.9.